The molecule has 1 atom stereocenters. The predicted octanol–water partition coefficient (Wildman–Crippen LogP) is 4.11. The summed E-state index contributed by atoms with van der Waals surface area (Å²) in [6, 6.07) is 5.78. The Bertz CT molecular complexity index is 477. The van der Waals surface area contributed by atoms with Gasteiger partial charge >= 0.3 is 17.2 Å². The van der Waals surface area contributed by atoms with Gasteiger partial charge in [0, 0.05) is 5.56 Å². The zero-order valence-corrected chi connectivity index (χ0v) is 15.1. The van der Waals surface area contributed by atoms with Crippen molar-refractivity contribution in [3.63, 3.8) is 0 Å². The average Bonchev–Trinajstić information content (AvgIpc) is 2.24. The molecule has 0 fully saturated rings. The smallest absolute Gasteiger partial charge is 0.401 e. The number of benzene rings is 1. The molecule has 1 aromatic carbocycles. The van der Waals surface area contributed by atoms with Gasteiger partial charge in [-0.15, -0.1) is 0 Å². The van der Waals surface area contributed by atoms with Gasteiger partial charge in [-0.25, -0.2) is 4.31 Å². The third kappa shape index (κ3) is 5.78. The molecule has 0 aliphatic carbocycles. The van der Waals surface area contributed by atoms with Crippen molar-refractivity contribution in [1.82, 2.24) is 0 Å². The second kappa shape index (κ2) is 6.87. The lowest BCUT2D eigenvalue weighted by molar-refractivity contribution is 0.327. The van der Waals surface area contributed by atoms with Crippen molar-refractivity contribution in [3.8, 4) is 5.75 Å². The standard InChI is InChI=1S/C14H24O5P2/c1-13(2,3)10-7-8-12(11(9-10)14(4,5)6)18-21(17)19-20(15)16/h7-9,15-17H,1-6H3. The van der Waals surface area contributed by atoms with Crippen LogP contribution in [0.3, 0.4) is 0 Å². The first-order valence-corrected chi connectivity index (χ1v) is 8.89. The minimum absolute atomic E-state index is 0.00347. The van der Waals surface area contributed by atoms with Crippen LogP contribution in [-0.2, 0) is 15.1 Å². The second-order valence-electron chi connectivity index (χ2n) is 6.87. The zero-order chi connectivity index (χ0) is 16.4. The highest BCUT2D eigenvalue weighted by atomic mass is 31.2. The van der Waals surface area contributed by atoms with E-state index in [0.717, 1.165) is 11.1 Å². The summed E-state index contributed by atoms with van der Waals surface area (Å²) in [5, 5.41) is 0. The van der Waals surface area contributed by atoms with E-state index in [2.05, 4.69) is 31.1 Å². The Labute approximate surface area is 128 Å². The summed E-state index contributed by atoms with van der Waals surface area (Å²) < 4.78 is 9.84. The molecule has 1 aromatic rings. The van der Waals surface area contributed by atoms with Gasteiger partial charge in [0.2, 0.25) is 0 Å². The van der Waals surface area contributed by atoms with E-state index in [1.807, 2.05) is 26.8 Å². The van der Waals surface area contributed by atoms with E-state index in [1.54, 1.807) is 6.07 Å². The maximum Gasteiger partial charge on any atom is 0.401 e. The van der Waals surface area contributed by atoms with Crippen molar-refractivity contribution in [2.45, 2.75) is 52.4 Å². The lowest BCUT2D eigenvalue weighted by Gasteiger charge is -2.27. The summed E-state index contributed by atoms with van der Waals surface area (Å²) in [6.07, 6.45) is 0. The molecular weight excluding hydrogens is 310 g/mol. The molecule has 0 amide bonds. The van der Waals surface area contributed by atoms with Crippen LogP contribution in [0.5, 0.6) is 5.75 Å². The Morgan fingerprint density at radius 2 is 1.48 bits per heavy atom. The van der Waals surface area contributed by atoms with Gasteiger partial charge in [-0.2, -0.15) is 0 Å². The minimum Gasteiger partial charge on any atom is -0.426 e. The molecule has 21 heavy (non-hydrogen) atoms. The van der Waals surface area contributed by atoms with Gasteiger partial charge in [-0.3, -0.25) is 0 Å². The van der Waals surface area contributed by atoms with Crippen molar-refractivity contribution in [2.24, 2.45) is 0 Å². The fourth-order valence-corrected chi connectivity index (χ4v) is 2.79. The van der Waals surface area contributed by atoms with Crippen LogP contribution in [-0.4, -0.2) is 14.7 Å². The summed E-state index contributed by atoms with van der Waals surface area (Å²) in [5.74, 6) is 0.487. The summed E-state index contributed by atoms with van der Waals surface area (Å²) in [5.41, 5.74) is 1.91. The molecule has 120 valence electrons. The summed E-state index contributed by atoms with van der Waals surface area (Å²) in [4.78, 5) is 27.1. The summed E-state index contributed by atoms with van der Waals surface area (Å²) in [6.45, 7) is 12.5. The predicted molar refractivity (Wildman–Crippen MR) is 86.1 cm³/mol. The monoisotopic (exact) mass is 334 g/mol. The molecule has 7 heteroatoms. The summed E-state index contributed by atoms with van der Waals surface area (Å²) in [7, 11) is -5.01. The van der Waals surface area contributed by atoms with E-state index in [4.69, 9.17) is 14.3 Å². The molecule has 0 aromatic heterocycles. The first-order chi connectivity index (χ1) is 9.41. The first-order valence-electron chi connectivity index (χ1n) is 6.59. The lowest BCUT2D eigenvalue weighted by atomic mass is 9.80. The van der Waals surface area contributed by atoms with Crippen molar-refractivity contribution < 1.29 is 23.5 Å². The Morgan fingerprint density at radius 3 is 1.90 bits per heavy atom. The third-order valence-corrected chi connectivity index (χ3v) is 4.47. The SMILES string of the molecule is CC(C)(C)c1ccc(OP(O)OP(O)O)c(C(C)(C)C)c1. The Kier molecular flexibility index (Phi) is 6.14. The highest BCUT2D eigenvalue weighted by molar-refractivity contribution is 7.54. The van der Waals surface area contributed by atoms with Crippen LogP contribution in [0, 0.1) is 0 Å². The van der Waals surface area contributed by atoms with Gasteiger partial charge in [0.25, 0.3) is 0 Å². The van der Waals surface area contributed by atoms with Crippen LogP contribution in [0.2, 0.25) is 0 Å². The zero-order valence-electron chi connectivity index (χ0n) is 13.3. The van der Waals surface area contributed by atoms with Crippen molar-refractivity contribution in [3.05, 3.63) is 29.3 Å². The molecule has 0 aliphatic heterocycles. The lowest BCUT2D eigenvalue weighted by Crippen LogP contribution is -2.17. The van der Waals surface area contributed by atoms with E-state index in [9.17, 15) is 4.89 Å². The second-order valence-corrected chi connectivity index (χ2v) is 8.69. The number of hydrogen-bond acceptors (Lipinski definition) is 5. The topological polar surface area (TPSA) is 79.2 Å². The van der Waals surface area contributed by atoms with E-state index in [1.165, 1.54) is 0 Å². The van der Waals surface area contributed by atoms with Crippen LogP contribution < -0.4 is 4.52 Å². The van der Waals surface area contributed by atoms with Crippen molar-refractivity contribution in [1.29, 1.82) is 0 Å². The number of hydrogen-bond donors (Lipinski definition) is 3. The molecule has 5 nitrogen and oxygen atoms in total. The van der Waals surface area contributed by atoms with E-state index >= 15 is 0 Å². The summed E-state index contributed by atoms with van der Waals surface area (Å²) >= 11 is 0. The molecule has 3 N–H and O–H groups in total. The molecule has 0 spiro atoms. The fraction of sp³-hybridized carbons (Fsp3) is 0.571. The molecule has 0 saturated heterocycles. The molecule has 0 radical (unpaired) electrons. The largest absolute Gasteiger partial charge is 0.426 e. The van der Waals surface area contributed by atoms with E-state index in [-0.39, 0.29) is 10.8 Å². The van der Waals surface area contributed by atoms with Crippen LogP contribution in [0.25, 0.3) is 0 Å². The van der Waals surface area contributed by atoms with Gasteiger partial charge in [0.15, 0.2) is 0 Å². The molecular formula is C14H24O5P2. The molecule has 0 aliphatic rings. The highest BCUT2D eigenvalue weighted by Gasteiger charge is 2.25. The van der Waals surface area contributed by atoms with Crippen LogP contribution >= 0.6 is 17.2 Å². The van der Waals surface area contributed by atoms with Gasteiger partial charge in [0.05, 0.1) is 0 Å². The van der Waals surface area contributed by atoms with Crippen LogP contribution in [0.1, 0.15) is 52.7 Å². The number of rotatable bonds is 4. The molecule has 1 unspecified atom stereocenters. The minimum atomic E-state index is -2.64. The quantitative estimate of drug-likeness (QED) is 0.722. The first kappa shape index (κ1) is 18.8. The van der Waals surface area contributed by atoms with Gasteiger partial charge < -0.3 is 19.2 Å². The average molecular weight is 334 g/mol. The highest BCUT2D eigenvalue weighted by Crippen LogP contribution is 2.48. The van der Waals surface area contributed by atoms with Crippen molar-refractivity contribution in [2.75, 3.05) is 0 Å². The molecule has 0 heterocycles. The van der Waals surface area contributed by atoms with Gasteiger partial charge in [-0.1, -0.05) is 53.7 Å². The van der Waals surface area contributed by atoms with Crippen LogP contribution in [0.15, 0.2) is 18.2 Å². The maximum atomic E-state index is 9.61. The third-order valence-electron chi connectivity index (χ3n) is 2.97. The van der Waals surface area contributed by atoms with E-state index < -0.39 is 17.2 Å². The normalized spacial score (nSPS) is 14.4. The molecule has 1 rings (SSSR count). The Morgan fingerprint density at radius 1 is 0.905 bits per heavy atom. The van der Waals surface area contributed by atoms with Crippen molar-refractivity contribution >= 4 is 17.2 Å². The van der Waals surface area contributed by atoms with Gasteiger partial charge in [-0.05, 0) is 22.5 Å². The molecule has 0 bridgehead atoms. The fourth-order valence-electron chi connectivity index (χ4n) is 1.83. The van der Waals surface area contributed by atoms with Crippen LogP contribution in [0.4, 0.5) is 0 Å². The van der Waals surface area contributed by atoms with E-state index in [0.29, 0.717) is 5.75 Å². The molecule has 0 saturated carbocycles. The van der Waals surface area contributed by atoms with Gasteiger partial charge in [0.1, 0.15) is 5.75 Å². The Hall–Kier alpha value is -0.280. The maximum absolute atomic E-state index is 9.61. The Balaban J connectivity index is 3.15.